The Kier molecular flexibility index (Phi) is 7.44. The van der Waals surface area contributed by atoms with Crippen molar-refractivity contribution in [3.63, 3.8) is 0 Å². The van der Waals surface area contributed by atoms with Gasteiger partial charge in [-0.15, -0.1) is 0 Å². The summed E-state index contributed by atoms with van der Waals surface area (Å²) < 4.78 is 5.40. The molecule has 1 N–H and O–H groups in total. The molecule has 0 aromatic carbocycles. The molecule has 4 heteroatoms. The Labute approximate surface area is 97.2 Å². The van der Waals surface area contributed by atoms with Crippen LogP contribution < -0.4 is 0 Å². The Morgan fingerprint density at radius 1 is 1.40 bits per heavy atom. The van der Waals surface area contributed by atoms with Gasteiger partial charge >= 0.3 is 0 Å². The van der Waals surface area contributed by atoms with Crippen LogP contribution in [0.3, 0.4) is 0 Å². The number of hydrogen-bond acceptors (Lipinski definition) is 4. The SMILES string of the molecule is CCCCOCC(O)CN1CCSCC1. The minimum Gasteiger partial charge on any atom is -0.389 e. The molecule has 1 unspecified atom stereocenters. The molecule has 0 spiro atoms. The molecule has 1 saturated heterocycles. The Balaban J connectivity index is 1.98. The summed E-state index contributed by atoms with van der Waals surface area (Å²) in [6, 6.07) is 0. The van der Waals surface area contributed by atoms with Gasteiger partial charge in [-0.25, -0.2) is 0 Å². The van der Waals surface area contributed by atoms with Crippen LogP contribution in [0.25, 0.3) is 0 Å². The average molecular weight is 233 g/mol. The quantitative estimate of drug-likeness (QED) is 0.670. The van der Waals surface area contributed by atoms with Gasteiger partial charge in [0.05, 0.1) is 12.7 Å². The van der Waals surface area contributed by atoms with Gasteiger partial charge in [0.1, 0.15) is 0 Å². The highest BCUT2D eigenvalue weighted by Gasteiger charge is 2.14. The maximum Gasteiger partial charge on any atom is 0.0900 e. The van der Waals surface area contributed by atoms with Gasteiger partial charge in [0.2, 0.25) is 0 Å². The number of rotatable bonds is 7. The lowest BCUT2D eigenvalue weighted by Gasteiger charge is -2.28. The van der Waals surface area contributed by atoms with Crippen LogP contribution in [0, 0.1) is 0 Å². The largest absolute Gasteiger partial charge is 0.389 e. The van der Waals surface area contributed by atoms with Crippen molar-refractivity contribution in [1.82, 2.24) is 4.90 Å². The highest BCUT2D eigenvalue weighted by atomic mass is 32.2. The van der Waals surface area contributed by atoms with E-state index in [1.807, 2.05) is 11.8 Å². The zero-order valence-corrected chi connectivity index (χ0v) is 10.5. The molecular weight excluding hydrogens is 210 g/mol. The molecule has 3 nitrogen and oxygen atoms in total. The van der Waals surface area contributed by atoms with Gasteiger partial charge in [-0.3, -0.25) is 4.90 Å². The van der Waals surface area contributed by atoms with Crippen LogP contribution >= 0.6 is 11.8 Å². The molecule has 0 aromatic rings. The molecule has 1 atom stereocenters. The van der Waals surface area contributed by atoms with E-state index in [9.17, 15) is 5.11 Å². The molecule has 0 radical (unpaired) electrons. The van der Waals surface area contributed by atoms with Crippen molar-refractivity contribution in [2.24, 2.45) is 0 Å². The Morgan fingerprint density at radius 3 is 2.80 bits per heavy atom. The van der Waals surface area contributed by atoms with Crippen molar-refractivity contribution < 1.29 is 9.84 Å². The molecule has 1 aliphatic heterocycles. The average Bonchev–Trinajstić information content (AvgIpc) is 2.26. The molecular formula is C11H23NO2S. The monoisotopic (exact) mass is 233 g/mol. The van der Waals surface area contributed by atoms with Crippen molar-refractivity contribution >= 4 is 11.8 Å². The fraction of sp³-hybridized carbons (Fsp3) is 1.00. The van der Waals surface area contributed by atoms with Crippen LogP contribution in [-0.2, 0) is 4.74 Å². The van der Waals surface area contributed by atoms with Crippen LogP contribution in [0.2, 0.25) is 0 Å². The first-order valence-electron chi connectivity index (χ1n) is 5.89. The highest BCUT2D eigenvalue weighted by Crippen LogP contribution is 2.09. The molecule has 1 aliphatic rings. The summed E-state index contributed by atoms with van der Waals surface area (Å²) in [7, 11) is 0. The highest BCUT2D eigenvalue weighted by molar-refractivity contribution is 7.99. The number of aliphatic hydroxyl groups excluding tert-OH is 1. The third-order valence-corrected chi connectivity index (χ3v) is 3.47. The van der Waals surface area contributed by atoms with Crippen LogP contribution in [0.15, 0.2) is 0 Å². The van der Waals surface area contributed by atoms with Gasteiger partial charge in [-0.2, -0.15) is 11.8 Å². The van der Waals surface area contributed by atoms with Gasteiger partial charge in [0.25, 0.3) is 0 Å². The fourth-order valence-electron chi connectivity index (χ4n) is 1.60. The lowest BCUT2D eigenvalue weighted by atomic mass is 10.3. The van der Waals surface area contributed by atoms with Gasteiger partial charge in [0.15, 0.2) is 0 Å². The molecule has 0 amide bonds. The van der Waals surface area contributed by atoms with Gasteiger partial charge < -0.3 is 9.84 Å². The van der Waals surface area contributed by atoms with Crippen molar-refractivity contribution in [1.29, 1.82) is 0 Å². The predicted octanol–water partition coefficient (Wildman–Crippen LogP) is 1.21. The van der Waals surface area contributed by atoms with Gasteiger partial charge in [-0.05, 0) is 6.42 Å². The van der Waals surface area contributed by atoms with E-state index in [4.69, 9.17) is 4.74 Å². The molecule has 90 valence electrons. The van der Waals surface area contributed by atoms with E-state index in [1.165, 1.54) is 11.5 Å². The normalized spacial score (nSPS) is 20.4. The number of ether oxygens (including phenoxy) is 1. The number of thioether (sulfide) groups is 1. The maximum atomic E-state index is 9.73. The van der Waals surface area contributed by atoms with Gasteiger partial charge in [0, 0.05) is 37.7 Å². The summed E-state index contributed by atoms with van der Waals surface area (Å²) in [5.74, 6) is 2.40. The van der Waals surface area contributed by atoms with Crippen molar-refractivity contribution in [3.8, 4) is 0 Å². The summed E-state index contributed by atoms with van der Waals surface area (Å²) >= 11 is 2.00. The third-order valence-electron chi connectivity index (χ3n) is 2.53. The van der Waals surface area contributed by atoms with E-state index in [1.54, 1.807) is 0 Å². The van der Waals surface area contributed by atoms with Crippen LogP contribution in [0.1, 0.15) is 19.8 Å². The first-order valence-corrected chi connectivity index (χ1v) is 7.04. The van der Waals surface area contributed by atoms with Crippen molar-refractivity contribution in [3.05, 3.63) is 0 Å². The second-order valence-corrected chi connectivity index (χ2v) is 5.22. The van der Waals surface area contributed by atoms with E-state index in [-0.39, 0.29) is 6.10 Å². The Morgan fingerprint density at radius 2 is 2.13 bits per heavy atom. The number of unbranched alkanes of at least 4 members (excludes halogenated alkanes) is 1. The van der Waals surface area contributed by atoms with E-state index in [0.717, 1.165) is 39.1 Å². The van der Waals surface area contributed by atoms with E-state index in [0.29, 0.717) is 6.61 Å². The van der Waals surface area contributed by atoms with Gasteiger partial charge in [-0.1, -0.05) is 13.3 Å². The maximum absolute atomic E-state index is 9.73. The Bertz CT molecular complexity index is 152. The van der Waals surface area contributed by atoms with Crippen LogP contribution in [0.4, 0.5) is 0 Å². The van der Waals surface area contributed by atoms with Crippen molar-refractivity contribution in [2.75, 3.05) is 44.4 Å². The number of hydrogen-bond donors (Lipinski definition) is 1. The van der Waals surface area contributed by atoms with E-state index < -0.39 is 0 Å². The smallest absolute Gasteiger partial charge is 0.0900 e. The zero-order valence-electron chi connectivity index (χ0n) is 9.65. The number of β-amino-alcohol motifs (C(OH)–C–C–N with tert-alkyl or cyclic N) is 1. The topological polar surface area (TPSA) is 32.7 Å². The minimum absolute atomic E-state index is 0.315. The number of aliphatic hydroxyl groups is 1. The summed E-state index contributed by atoms with van der Waals surface area (Å²) in [5, 5.41) is 9.73. The molecule has 0 saturated carbocycles. The molecule has 1 heterocycles. The lowest BCUT2D eigenvalue weighted by molar-refractivity contribution is 0.0174. The molecule has 15 heavy (non-hydrogen) atoms. The first kappa shape index (κ1) is 13.3. The van der Waals surface area contributed by atoms with Crippen LogP contribution in [-0.4, -0.2) is 60.5 Å². The summed E-state index contributed by atoms with van der Waals surface area (Å²) in [6.07, 6.45) is 1.93. The standard InChI is InChI=1S/C11H23NO2S/c1-2-3-6-14-10-11(13)9-12-4-7-15-8-5-12/h11,13H,2-10H2,1H3. The number of nitrogens with zero attached hydrogens (tertiary/aromatic N) is 1. The summed E-state index contributed by atoms with van der Waals surface area (Å²) in [4.78, 5) is 2.32. The summed E-state index contributed by atoms with van der Waals surface area (Å²) in [5.41, 5.74) is 0. The molecule has 0 aliphatic carbocycles. The molecule has 1 rings (SSSR count). The van der Waals surface area contributed by atoms with E-state index in [2.05, 4.69) is 11.8 Å². The molecule has 0 aromatic heterocycles. The summed E-state index contributed by atoms with van der Waals surface area (Å²) in [6.45, 7) is 6.40. The third kappa shape index (κ3) is 6.40. The van der Waals surface area contributed by atoms with Crippen molar-refractivity contribution in [2.45, 2.75) is 25.9 Å². The van der Waals surface area contributed by atoms with Crippen LogP contribution in [0.5, 0.6) is 0 Å². The molecule has 0 bridgehead atoms. The first-order chi connectivity index (χ1) is 7.33. The zero-order chi connectivity index (χ0) is 10.9. The fourth-order valence-corrected chi connectivity index (χ4v) is 2.58. The second kappa shape index (κ2) is 8.39. The Hall–Kier alpha value is 0.230. The predicted molar refractivity (Wildman–Crippen MR) is 65.5 cm³/mol. The lowest BCUT2D eigenvalue weighted by Crippen LogP contribution is -2.39. The minimum atomic E-state index is -0.315. The second-order valence-electron chi connectivity index (χ2n) is 4.00. The van der Waals surface area contributed by atoms with E-state index >= 15 is 0 Å². The molecule has 1 fully saturated rings.